The molecule has 7 nitrogen and oxygen atoms in total. The molecule has 3 rings (SSSR count). The van der Waals surface area contributed by atoms with Gasteiger partial charge < -0.3 is 24.8 Å². The summed E-state index contributed by atoms with van der Waals surface area (Å²) in [5.74, 6) is -0.373. The lowest BCUT2D eigenvalue weighted by atomic mass is 10.1. The highest BCUT2D eigenvalue weighted by atomic mass is 16.5. The van der Waals surface area contributed by atoms with Crippen LogP contribution in [-0.4, -0.2) is 54.8 Å². The molecule has 1 aliphatic rings. The molecule has 2 aromatic rings. The maximum atomic E-state index is 13.0. The molecule has 0 radical (unpaired) electrons. The number of morpholine rings is 1. The van der Waals surface area contributed by atoms with E-state index in [4.69, 9.17) is 14.6 Å². The van der Waals surface area contributed by atoms with Crippen molar-refractivity contribution in [1.82, 2.24) is 4.90 Å². The van der Waals surface area contributed by atoms with E-state index in [1.807, 2.05) is 36.4 Å². The van der Waals surface area contributed by atoms with Crippen molar-refractivity contribution >= 4 is 23.3 Å². The van der Waals surface area contributed by atoms with E-state index in [1.54, 1.807) is 24.1 Å². The fraction of sp³-hybridized carbons (Fsp3) is 0.300. The van der Waals surface area contributed by atoms with E-state index in [-0.39, 0.29) is 18.9 Å². The Morgan fingerprint density at radius 2 is 2.07 bits per heavy atom. The number of carbonyl (C=O) groups is 2. The molecule has 0 saturated carbocycles. The van der Waals surface area contributed by atoms with Crippen molar-refractivity contribution < 1.29 is 24.2 Å². The van der Waals surface area contributed by atoms with E-state index in [1.165, 1.54) is 0 Å². The van der Waals surface area contributed by atoms with Crippen LogP contribution in [-0.2, 0) is 9.53 Å². The van der Waals surface area contributed by atoms with Crippen LogP contribution in [0.25, 0.3) is 0 Å². The Labute approximate surface area is 157 Å². The smallest absolute Gasteiger partial charge is 0.306 e. The van der Waals surface area contributed by atoms with Crippen molar-refractivity contribution in [3.8, 4) is 5.75 Å². The Bertz CT molecular complexity index is 824. The molecular weight excluding hydrogens is 348 g/mol. The number of aliphatic carboxylic acids is 1. The summed E-state index contributed by atoms with van der Waals surface area (Å²) in [6, 6.07) is 14.7. The van der Waals surface area contributed by atoms with Crippen LogP contribution >= 0.6 is 0 Å². The van der Waals surface area contributed by atoms with Crippen LogP contribution in [0.4, 0.5) is 11.4 Å². The van der Waals surface area contributed by atoms with Gasteiger partial charge in [0.1, 0.15) is 5.75 Å². The van der Waals surface area contributed by atoms with Crippen LogP contribution in [0.5, 0.6) is 5.75 Å². The summed E-state index contributed by atoms with van der Waals surface area (Å²) in [5.41, 5.74) is 2.01. The summed E-state index contributed by atoms with van der Waals surface area (Å²) >= 11 is 0. The van der Waals surface area contributed by atoms with Gasteiger partial charge in [-0.3, -0.25) is 9.59 Å². The SMILES string of the molecule is COc1cccc(Nc2ccccc2C(=O)N2CCO[C@@H](CC(=O)O)C2)c1. The first-order valence-corrected chi connectivity index (χ1v) is 8.69. The summed E-state index contributed by atoms with van der Waals surface area (Å²) in [4.78, 5) is 25.6. The fourth-order valence-electron chi connectivity index (χ4n) is 3.03. The number of amides is 1. The summed E-state index contributed by atoms with van der Waals surface area (Å²) in [6.07, 6.45) is -0.605. The third-order valence-electron chi connectivity index (χ3n) is 4.33. The molecule has 1 atom stereocenters. The highest BCUT2D eigenvalue weighted by molar-refractivity contribution is 6.00. The molecular formula is C20H22N2O5. The monoisotopic (exact) mass is 370 g/mol. The van der Waals surface area contributed by atoms with Crippen LogP contribution in [0.3, 0.4) is 0 Å². The van der Waals surface area contributed by atoms with Crippen molar-refractivity contribution in [2.24, 2.45) is 0 Å². The summed E-state index contributed by atoms with van der Waals surface area (Å²) in [6.45, 7) is 1.02. The normalized spacial score (nSPS) is 16.6. The Kier molecular flexibility index (Phi) is 5.93. The molecule has 2 N–H and O–H groups in total. The number of carbonyl (C=O) groups excluding carboxylic acids is 1. The zero-order valence-electron chi connectivity index (χ0n) is 15.1. The molecule has 1 saturated heterocycles. The molecule has 0 unspecified atom stereocenters. The number of hydrogen-bond acceptors (Lipinski definition) is 5. The van der Waals surface area contributed by atoms with E-state index < -0.39 is 12.1 Å². The Hall–Kier alpha value is -3.06. The van der Waals surface area contributed by atoms with E-state index >= 15 is 0 Å². The van der Waals surface area contributed by atoms with Crippen LogP contribution < -0.4 is 10.1 Å². The standard InChI is InChI=1S/C20H22N2O5/c1-26-15-6-4-5-14(11-15)21-18-8-3-2-7-17(18)20(25)22-9-10-27-16(13-22)12-19(23)24/h2-8,11,16,21H,9-10,12-13H2,1H3,(H,23,24)/t16-/m0/s1. The second-order valence-electron chi connectivity index (χ2n) is 6.24. The molecule has 1 aliphatic heterocycles. The molecule has 0 bridgehead atoms. The molecule has 2 aromatic carbocycles. The Morgan fingerprint density at radius 1 is 1.26 bits per heavy atom. The lowest BCUT2D eigenvalue weighted by molar-refractivity contribution is -0.141. The number of para-hydroxylation sites is 1. The number of ether oxygens (including phenoxy) is 2. The second kappa shape index (κ2) is 8.55. The van der Waals surface area contributed by atoms with Crippen molar-refractivity contribution in [3.63, 3.8) is 0 Å². The van der Waals surface area contributed by atoms with Crippen LogP contribution in [0.2, 0.25) is 0 Å². The Balaban J connectivity index is 1.78. The molecule has 1 heterocycles. The highest BCUT2D eigenvalue weighted by Gasteiger charge is 2.27. The average molecular weight is 370 g/mol. The number of carboxylic acid groups (broad SMARTS) is 1. The summed E-state index contributed by atoms with van der Waals surface area (Å²) in [5, 5.41) is 12.2. The lowest BCUT2D eigenvalue weighted by Crippen LogP contribution is -2.46. The third kappa shape index (κ3) is 4.77. The van der Waals surface area contributed by atoms with Crippen LogP contribution in [0.15, 0.2) is 48.5 Å². The molecule has 0 aliphatic carbocycles. The van der Waals surface area contributed by atoms with Crippen molar-refractivity contribution in [3.05, 3.63) is 54.1 Å². The van der Waals surface area contributed by atoms with Gasteiger partial charge in [-0.25, -0.2) is 0 Å². The third-order valence-corrected chi connectivity index (χ3v) is 4.33. The molecule has 0 spiro atoms. The molecule has 1 amide bonds. The minimum atomic E-state index is -0.936. The average Bonchev–Trinajstić information content (AvgIpc) is 2.68. The minimum Gasteiger partial charge on any atom is -0.497 e. The predicted molar refractivity (Wildman–Crippen MR) is 101 cm³/mol. The number of nitrogens with one attached hydrogen (secondary N) is 1. The van der Waals surface area contributed by atoms with Gasteiger partial charge in [0.2, 0.25) is 0 Å². The van der Waals surface area contributed by atoms with E-state index in [9.17, 15) is 9.59 Å². The molecule has 1 fully saturated rings. The first-order valence-electron chi connectivity index (χ1n) is 8.69. The van der Waals surface area contributed by atoms with Crippen molar-refractivity contribution in [2.45, 2.75) is 12.5 Å². The van der Waals surface area contributed by atoms with Gasteiger partial charge in [-0.05, 0) is 24.3 Å². The number of anilines is 2. The minimum absolute atomic E-state index is 0.118. The number of carboxylic acids is 1. The van der Waals surface area contributed by atoms with Crippen LogP contribution in [0.1, 0.15) is 16.8 Å². The number of hydrogen-bond donors (Lipinski definition) is 2. The van der Waals surface area contributed by atoms with E-state index in [2.05, 4.69) is 5.32 Å². The van der Waals surface area contributed by atoms with Gasteiger partial charge in [0.05, 0.1) is 37.5 Å². The first-order chi connectivity index (χ1) is 13.1. The van der Waals surface area contributed by atoms with Crippen molar-refractivity contribution in [2.75, 3.05) is 32.1 Å². The van der Waals surface area contributed by atoms with Gasteiger partial charge in [-0.15, -0.1) is 0 Å². The molecule has 27 heavy (non-hydrogen) atoms. The van der Waals surface area contributed by atoms with Crippen LogP contribution in [0, 0.1) is 0 Å². The van der Waals surface area contributed by atoms with Gasteiger partial charge in [0.25, 0.3) is 5.91 Å². The summed E-state index contributed by atoms with van der Waals surface area (Å²) in [7, 11) is 1.60. The zero-order chi connectivity index (χ0) is 19.2. The van der Waals surface area contributed by atoms with Gasteiger partial charge >= 0.3 is 5.97 Å². The number of nitrogens with zero attached hydrogens (tertiary/aromatic N) is 1. The predicted octanol–water partition coefficient (Wildman–Crippen LogP) is 2.75. The van der Waals surface area contributed by atoms with E-state index in [0.29, 0.717) is 30.2 Å². The van der Waals surface area contributed by atoms with Crippen molar-refractivity contribution in [1.29, 1.82) is 0 Å². The molecule has 142 valence electrons. The lowest BCUT2D eigenvalue weighted by Gasteiger charge is -2.32. The molecule has 0 aromatic heterocycles. The maximum absolute atomic E-state index is 13.0. The van der Waals surface area contributed by atoms with Gasteiger partial charge in [-0.2, -0.15) is 0 Å². The zero-order valence-corrected chi connectivity index (χ0v) is 15.1. The number of benzene rings is 2. The van der Waals surface area contributed by atoms with Gasteiger partial charge in [0.15, 0.2) is 0 Å². The molecule has 7 heteroatoms. The van der Waals surface area contributed by atoms with Gasteiger partial charge in [0, 0.05) is 24.8 Å². The van der Waals surface area contributed by atoms with Gasteiger partial charge in [-0.1, -0.05) is 18.2 Å². The van der Waals surface area contributed by atoms with E-state index in [0.717, 1.165) is 5.69 Å². The maximum Gasteiger partial charge on any atom is 0.306 e. The second-order valence-corrected chi connectivity index (χ2v) is 6.24. The first kappa shape index (κ1) is 18.7. The number of methoxy groups -OCH3 is 1. The summed E-state index contributed by atoms with van der Waals surface area (Å²) < 4.78 is 10.7. The topological polar surface area (TPSA) is 88.1 Å². The Morgan fingerprint density at radius 3 is 2.85 bits per heavy atom. The quantitative estimate of drug-likeness (QED) is 0.813. The largest absolute Gasteiger partial charge is 0.497 e. The fourth-order valence-corrected chi connectivity index (χ4v) is 3.03. The number of rotatable bonds is 6. The highest BCUT2D eigenvalue weighted by Crippen LogP contribution is 2.25.